The summed E-state index contributed by atoms with van der Waals surface area (Å²) in [5.74, 6) is -0.132. The molecule has 0 unspecified atom stereocenters. The third kappa shape index (κ3) is 4.91. The van der Waals surface area contributed by atoms with E-state index in [1.54, 1.807) is 24.3 Å². The van der Waals surface area contributed by atoms with Gasteiger partial charge >= 0.3 is 5.97 Å². The number of hydrogen-bond acceptors (Lipinski definition) is 6. The van der Waals surface area contributed by atoms with Crippen molar-refractivity contribution in [2.45, 2.75) is 0 Å². The van der Waals surface area contributed by atoms with Crippen molar-refractivity contribution in [3.05, 3.63) is 68.2 Å². The number of nitro groups is 1. The molecule has 2 aromatic carbocycles. The first-order chi connectivity index (χ1) is 12.4. The number of benzene rings is 2. The molecule has 0 heterocycles. The third-order valence-corrected chi connectivity index (χ3v) is 3.85. The molecule has 26 heavy (non-hydrogen) atoms. The number of carbonyl (C=O) groups is 1. The minimum atomic E-state index is -0.529. The molecule has 2 rings (SSSR count). The molecule has 0 saturated heterocycles. The lowest BCUT2D eigenvalue weighted by Gasteiger charge is -2.09. The van der Waals surface area contributed by atoms with E-state index in [4.69, 9.17) is 4.74 Å². The first kappa shape index (κ1) is 19.1. The number of nitrogens with zero attached hydrogens (tertiary/aromatic N) is 2. The van der Waals surface area contributed by atoms with Crippen LogP contribution < -0.4 is 4.74 Å². The van der Waals surface area contributed by atoms with Crippen LogP contribution in [0.2, 0.25) is 0 Å². The number of non-ortho nitro benzene ring substituents is 1. The number of nitriles is 1. The van der Waals surface area contributed by atoms with Gasteiger partial charge in [0, 0.05) is 22.2 Å². The Morgan fingerprint density at radius 3 is 2.58 bits per heavy atom. The fourth-order valence-corrected chi connectivity index (χ4v) is 2.44. The first-order valence-corrected chi connectivity index (χ1v) is 8.09. The van der Waals surface area contributed by atoms with Gasteiger partial charge in [0.25, 0.3) is 5.69 Å². The highest BCUT2D eigenvalue weighted by Crippen LogP contribution is 2.28. The van der Waals surface area contributed by atoms with Crippen molar-refractivity contribution in [3.8, 4) is 11.8 Å². The molecule has 0 aliphatic heterocycles. The van der Waals surface area contributed by atoms with Gasteiger partial charge in [-0.2, -0.15) is 5.26 Å². The Morgan fingerprint density at radius 2 is 2.00 bits per heavy atom. The Labute approximate surface area is 157 Å². The second-order valence-corrected chi connectivity index (χ2v) is 5.94. The van der Waals surface area contributed by atoms with Gasteiger partial charge < -0.3 is 9.47 Å². The van der Waals surface area contributed by atoms with E-state index in [9.17, 15) is 20.2 Å². The van der Waals surface area contributed by atoms with Crippen LogP contribution >= 0.6 is 15.9 Å². The smallest absolute Gasteiger partial charge is 0.343 e. The number of rotatable bonds is 6. The Hall–Kier alpha value is -3.18. The van der Waals surface area contributed by atoms with Crippen LogP contribution in [-0.4, -0.2) is 24.6 Å². The molecule has 0 fully saturated rings. The zero-order valence-electron chi connectivity index (χ0n) is 13.6. The molecular formula is C18H13BrN2O5. The monoisotopic (exact) mass is 416 g/mol. The summed E-state index contributed by atoms with van der Waals surface area (Å²) in [6, 6.07) is 12.9. The number of halogens is 1. The molecule has 0 aromatic heterocycles. The Morgan fingerprint density at radius 1 is 1.31 bits per heavy atom. The van der Waals surface area contributed by atoms with Crippen molar-refractivity contribution in [2.24, 2.45) is 0 Å². The van der Waals surface area contributed by atoms with Gasteiger partial charge in [0.05, 0.1) is 23.7 Å². The van der Waals surface area contributed by atoms with E-state index < -0.39 is 10.9 Å². The van der Waals surface area contributed by atoms with Crippen molar-refractivity contribution in [1.82, 2.24) is 0 Å². The maximum absolute atomic E-state index is 11.3. The second-order valence-electron chi connectivity index (χ2n) is 5.02. The molecule has 0 aliphatic carbocycles. The van der Waals surface area contributed by atoms with E-state index in [0.29, 0.717) is 22.4 Å². The highest BCUT2D eigenvalue weighted by Gasteiger charge is 2.10. The number of hydrogen-bond donors (Lipinski definition) is 0. The quantitative estimate of drug-likeness (QED) is 0.232. The van der Waals surface area contributed by atoms with Gasteiger partial charge in [-0.15, -0.1) is 0 Å². The zero-order chi connectivity index (χ0) is 19.1. The fraction of sp³-hybridized carbons (Fsp3) is 0.111. The summed E-state index contributed by atoms with van der Waals surface area (Å²) in [4.78, 5) is 21.5. The number of esters is 1. The molecule has 0 N–H and O–H groups in total. The van der Waals surface area contributed by atoms with Crippen LogP contribution in [-0.2, 0) is 9.53 Å². The Kier molecular flexibility index (Phi) is 6.47. The minimum Gasteiger partial charge on any atom is -0.481 e. The van der Waals surface area contributed by atoms with E-state index in [1.807, 2.05) is 0 Å². The zero-order valence-corrected chi connectivity index (χ0v) is 15.2. The number of ether oxygens (including phenoxy) is 2. The highest BCUT2D eigenvalue weighted by atomic mass is 79.9. The van der Waals surface area contributed by atoms with Crippen molar-refractivity contribution >= 4 is 39.2 Å². The maximum atomic E-state index is 11.3. The summed E-state index contributed by atoms with van der Waals surface area (Å²) in [7, 11) is 1.26. The van der Waals surface area contributed by atoms with Gasteiger partial charge in [0.2, 0.25) is 0 Å². The van der Waals surface area contributed by atoms with Crippen LogP contribution in [0.1, 0.15) is 11.1 Å². The van der Waals surface area contributed by atoms with Gasteiger partial charge in [0.15, 0.2) is 6.61 Å². The van der Waals surface area contributed by atoms with E-state index >= 15 is 0 Å². The van der Waals surface area contributed by atoms with E-state index in [1.165, 1.54) is 31.4 Å². The van der Waals surface area contributed by atoms with Crippen molar-refractivity contribution in [1.29, 1.82) is 5.26 Å². The lowest BCUT2D eigenvalue weighted by molar-refractivity contribution is -0.384. The van der Waals surface area contributed by atoms with Crippen LogP contribution in [0.5, 0.6) is 5.75 Å². The Bertz CT molecular complexity index is 901. The Balaban J connectivity index is 2.38. The first-order valence-electron chi connectivity index (χ1n) is 7.30. The predicted molar refractivity (Wildman–Crippen MR) is 98.2 cm³/mol. The van der Waals surface area contributed by atoms with E-state index in [0.717, 1.165) is 4.47 Å². The molecule has 0 atom stereocenters. The molecule has 0 amide bonds. The summed E-state index contributed by atoms with van der Waals surface area (Å²) in [6.45, 7) is -0.265. The molecule has 0 bridgehead atoms. The predicted octanol–water partition coefficient (Wildman–Crippen LogP) is 3.97. The molecule has 7 nitrogen and oxygen atoms in total. The average molecular weight is 417 g/mol. The highest BCUT2D eigenvalue weighted by molar-refractivity contribution is 9.10. The lowest BCUT2D eigenvalue weighted by Crippen LogP contribution is -2.13. The summed E-state index contributed by atoms with van der Waals surface area (Å²) in [5, 5.41) is 20.2. The van der Waals surface area contributed by atoms with Crippen LogP contribution in [0.15, 0.2) is 46.9 Å². The van der Waals surface area contributed by atoms with Crippen LogP contribution in [0.3, 0.4) is 0 Å². The van der Waals surface area contributed by atoms with Gasteiger partial charge in [0.1, 0.15) is 5.75 Å². The molecule has 2 aromatic rings. The SMILES string of the molecule is COC(=O)COc1ccc(Br)cc1/C=C(/C#N)c1ccc([N+](=O)[O-])cc1. The molecule has 0 radical (unpaired) electrons. The molecule has 8 heteroatoms. The van der Waals surface area contributed by atoms with Gasteiger partial charge in [-0.25, -0.2) is 4.79 Å². The summed E-state index contributed by atoms with van der Waals surface area (Å²) >= 11 is 3.35. The van der Waals surface area contributed by atoms with Crippen LogP contribution in [0.4, 0.5) is 5.69 Å². The van der Waals surface area contributed by atoms with Gasteiger partial charge in [-0.3, -0.25) is 10.1 Å². The number of methoxy groups -OCH3 is 1. The number of allylic oxidation sites excluding steroid dienone is 1. The second kappa shape index (κ2) is 8.78. The van der Waals surface area contributed by atoms with Gasteiger partial charge in [-0.05, 0) is 42.0 Å². The fourth-order valence-electron chi connectivity index (χ4n) is 2.06. The van der Waals surface area contributed by atoms with Crippen molar-refractivity contribution < 1.29 is 19.2 Å². The number of nitro benzene ring substituents is 1. The normalized spacial score (nSPS) is 10.7. The topological polar surface area (TPSA) is 102 Å². The number of carbonyl (C=O) groups excluding carboxylic acids is 1. The van der Waals surface area contributed by atoms with E-state index in [-0.39, 0.29) is 12.3 Å². The standard InChI is InChI=1S/C18H13BrN2O5/c1-25-18(22)11-26-17-7-4-15(19)9-13(17)8-14(10-20)12-2-5-16(6-3-12)21(23)24/h2-9H,11H2,1H3/b14-8-. The lowest BCUT2D eigenvalue weighted by atomic mass is 10.0. The largest absolute Gasteiger partial charge is 0.481 e. The molecule has 132 valence electrons. The molecule has 0 spiro atoms. The summed E-state index contributed by atoms with van der Waals surface area (Å²) < 4.78 is 10.7. The third-order valence-electron chi connectivity index (χ3n) is 3.35. The average Bonchev–Trinajstić information content (AvgIpc) is 2.65. The summed E-state index contributed by atoms with van der Waals surface area (Å²) in [6.07, 6.45) is 1.58. The maximum Gasteiger partial charge on any atom is 0.343 e. The molecule has 0 saturated carbocycles. The van der Waals surface area contributed by atoms with Gasteiger partial charge in [-0.1, -0.05) is 15.9 Å². The van der Waals surface area contributed by atoms with Crippen LogP contribution in [0, 0.1) is 21.4 Å². The van der Waals surface area contributed by atoms with Crippen LogP contribution in [0.25, 0.3) is 11.6 Å². The minimum absolute atomic E-state index is 0.0596. The van der Waals surface area contributed by atoms with Crippen molar-refractivity contribution in [2.75, 3.05) is 13.7 Å². The summed E-state index contributed by atoms with van der Waals surface area (Å²) in [5.41, 5.74) is 1.33. The molecule has 0 aliphatic rings. The molecular weight excluding hydrogens is 404 g/mol. The van der Waals surface area contributed by atoms with Crippen molar-refractivity contribution in [3.63, 3.8) is 0 Å². The van der Waals surface area contributed by atoms with E-state index in [2.05, 4.69) is 26.7 Å².